The molecule has 0 aromatic heterocycles. The lowest BCUT2D eigenvalue weighted by Gasteiger charge is -2.18. The van der Waals surface area contributed by atoms with Crippen LogP contribution in [0.25, 0.3) is 0 Å². The van der Waals surface area contributed by atoms with Gasteiger partial charge in [-0.3, -0.25) is 0 Å². The summed E-state index contributed by atoms with van der Waals surface area (Å²) in [4.78, 5) is 0. The molecule has 0 aromatic rings. The molecule has 0 bridgehead atoms. The Morgan fingerprint density at radius 3 is 2.31 bits per heavy atom. The van der Waals surface area contributed by atoms with Gasteiger partial charge in [-0.1, -0.05) is 20.8 Å². The molecule has 0 aliphatic rings. The first kappa shape index (κ1) is 15.8. The number of hydrogen-bond acceptors (Lipinski definition) is 3. The molecule has 1 atom stereocenters. The van der Waals surface area contributed by atoms with Crippen LogP contribution in [0.2, 0.25) is 0 Å². The molecular weight excluding hydrogens is 228 g/mol. The fourth-order valence-corrected chi connectivity index (χ4v) is 2.66. The molecule has 0 amide bonds. The monoisotopic (exact) mass is 252 g/mol. The van der Waals surface area contributed by atoms with Crippen molar-refractivity contribution in [1.82, 2.24) is 9.03 Å². The normalized spacial score (nSPS) is 14.3. The first-order valence-electron chi connectivity index (χ1n) is 5.83. The number of rotatable bonds is 9. The maximum Gasteiger partial charge on any atom is 0.279 e. The Morgan fingerprint density at radius 1 is 1.31 bits per heavy atom. The maximum absolute atomic E-state index is 11.7. The molecule has 0 heterocycles. The van der Waals surface area contributed by atoms with Crippen LogP contribution in [0.1, 0.15) is 33.6 Å². The molecule has 5 nitrogen and oxygen atoms in total. The van der Waals surface area contributed by atoms with Gasteiger partial charge in [-0.2, -0.15) is 12.7 Å². The predicted molar refractivity (Wildman–Crippen MR) is 65.3 cm³/mol. The first-order chi connectivity index (χ1) is 7.47. The van der Waals surface area contributed by atoms with Crippen LogP contribution in [0.15, 0.2) is 0 Å². The van der Waals surface area contributed by atoms with E-state index in [9.17, 15) is 8.42 Å². The molecule has 0 rings (SSSR count). The highest BCUT2D eigenvalue weighted by atomic mass is 32.2. The SMILES string of the molecule is CCN(CC)S(=O)(=O)NCCCC(C)CO. The molecule has 0 fully saturated rings. The summed E-state index contributed by atoms with van der Waals surface area (Å²) in [5.41, 5.74) is 0. The summed E-state index contributed by atoms with van der Waals surface area (Å²) in [5.74, 6) is 0.234. The molecule has 16 heavy (non-hydrogen) atoms. The van der Waals surface area contributed by atoms with Crippen molar-refractivity contribution < 1.29 is 13.5 Å². The van der Waals surface area contributed by atoms with Crippen LogP contribution >= 0.6 is 0 Å². The molecule has 0 saturated carbocycles. The molecule has 0 saturated heterocycles. The largest absolute Gasteiger partial charge is 0.396 e. The molecule has 0 aliphatic heterocycles. The third-order valence-corrected chi connectivity index (χ3v) is 4.28. The number of aliphatic hydroxyl groups excluding tert-OH is 1. The summed E-state index contributed by atoms with van der Waals surface area (Å²) in [5, 5.41) is 8.81. The minimum absolute atomic E-state index is 0.156. The highest BCUT2D eigenvalue weighted by molar-refractivity contribution is 7.87. The van der Waals surface area contributed by atoms with E-state index in [0.717, 1.165) is 12.8 Å². The molecule has 0 aliphatic carbocycles. The van der Waals surface area contributed by atoms with E-state index in [1.54, 1.807) is 0 Å². The second-order valence-corrected chi connectivity index (χ2v) is 5.67. The summed E-state index contributed by atoms with van der Waals surface area (Å²) in [6, 6.07) is 0. The van der Waals surface area contributed by atoms with E-state index in [-0.39, 0.29) is 12.5 Å². The van der Waals surface area contributed by atoms with Gasteiger partial charge in [0.1, 0.15) is 0 Å². The highest BCUT2D eigenvalue weighted by Crippen LogP contribution is 2.04. The molecule has 6 heteroatoms. The summed E-state index contributed by atoms with van der Waals surface area (Å²) < 4.78 is 27.3. The zero-order valence-electron chi connectivity index (χ0n) is 10.4. The van der Waals surface area contributed by atoms with Gasteiger partial charge < -0.3 is 5.11 Å². The lowest BCUT2D eigenvalue weighted by Crippen LogP contribution is -2.40. The number of aliphatic hydroxyl groups is 1. The number of nitrogens with one attached hydrogen (secondary N) is 1. The Balaban J connectivity index is 3.91. The Kier molecular flexibility index (Phi) is 7.91. The standard InChI is InChI=1S/C10H24N2O3S/c1-4-12(5-2)16(14,15)11-8-6-7-10(3)9-13/h10-11,13H,4-9H2,1-3H3. The Labute approximate surface area is 99.0 Å². The quantitative estimate of drug-likeness (QED) is 0.589. The summed E-state index contributed by atoms with van der Waals surface area (Å²) in [6.45, 7) is 7.13. The highest BCUT2D eigenvalue weighted by Gasteiger charge is 2.17. The van der Waals surface area contributed by atoms with E-state index < -0.39 is 10.2 Å². The molecule has 1 unspecified atom stereocenters. The fraction of sp³-hybridized carbons (Fsp3) is 1.00. The van der Waals surface area contributed by atoms with Crippen LogP contribution < -0.4 is 4.72 Å². The summed E-state index contributed by atoms with van der Waals surface area (Å²) in [6.07, 6.45) is 1.58. The van der Waals surface area contributed by atoms with Crippen molar-refractivity contribution in [3.05, 3.63) is 0 Å². The lowest BCUT2D eigenvalue weighted by atomic mass is 10.1. The Morgan fingerprint density at radius 2 is 1.88 bits per heavy atom. The van der Waals surface area contributed by atoms with E-state index in [1.165, 1.54) is 4.31 Å². The van der Waals surface area contributed by atoms with Crippen molar-refractivity contribution in [2.45, 2.75) is 33.6 Å². The van der Waals surface area contributed by atoms with E-state index in [4.69, 9.17) is 5.11 Å². The zero-order valence-corrected chi connectivity index (χ0v) is 11.3. The van der Waals surface area contributed by atoms with Crippen molar-refractivity contribution in [1.29, 1.82) is 0 Å². The third-order valence-electron chi connectivity index (χ3n) is 2.52. The van der Waals surface area contributed by atoms with Crippen molar-refractivity contribution in [2.75, 3.05) is 26.2 Å². The third kappa shape index (κ3) is 5.79. The average Bonchev–Trinajstić information content (AvgIpc) is 2.25. The average molecular weight is 252 g/mol. The zero-order chi connectivity index (χ0) is 12.6. The van der Waals surface area contributed by atoms with Crippen molar-refractivity contribution in [3.8, 4) is 0 Å². The Bertz CT molecular complexity index is 263. The predicted octanol–water partition coefficient (Wildman–Crippen LogP) is 0.571. The molecule has 2 N–H and O–H groups in total. The summed E-state index contributed by atoms with van der Waals surface area (Å²) >= 11 is 0. The number of nitrogens with zero attached hydrogens (tertiary/aromatic N) is 1. The smallest absolute Gasteiger partial charge is 0.279 e. The van der Waals surface area contributed by atoms with Gasteiger partial charge in [0.25, 0.3) is 10.2 Å². The van der Waals surface area contributed by atoms with Gasteiger partial charge in [0.05, 0.1) is 0 Å². The van der Waals surface area contributed by atoms with Crippen LogP contribution in [-0.4, -0.2) is 44.1 Å². The number of hydrogen-bond donors (Lipinski definition) is 2. The van der Waals surface area contributed by atoms with Gasteiger partial charge in [0, 0.05) is 26.2 Å². The van der Waals surface area contributed by atoms with Crippen molar-refractivity contribution in [2.24, 2.45) is 5.92 Å². The van der Waals surface area contributed by atoms with E-state index in [1.807, 2.05) is 20.8 Å². The van der Waals surface area contributed by atoms with Crippen molar-refractivity contribution in [3.63, 3.8) is 0 Å². The van der Waals surface area contributed by atoms with Crippen LogP contribution in [0, 0.1) is 5.92 Å². The van der Waals surface area contributed by atoms with E-state index in [0.29, 0.717) is 19.6 Å². The van der Waals surface area contributed by atoms with Gasteiger partial charge in [0.2, 0.25) is 0 Å². The first-order valence-corrected chi connectivity index (χ1v) is 7.27. The maximum atomic E-state index is 11.7. The van der Waals surface area contributed by atoms with Crippen LogP contribution in [0.5, 0.6) is 0 Å². The van der Waals surface area contributed by atoms with Crippen LogP contribution in [0.4, 0.5) is 0 Å². The Hall–Kier alpha value is -0.170. The van der Waals surface area contributed by atoms with Gasteiger partial charge in [0.15, 0.2) is 0 Å². The van der Waals surface area contributed by atoms with Gasteiger partial charge in [-0.05, 0) is 18.8 Å². The molecule has 98 valence electrons. The second-order valence-electron chi connectivity index (χ2n) is 3.91. The van der Waals surface area contributed by atoms with Crippen LogP contribution in [-0.2, 0) is 10.2 Å². The summed E-state index contributed by atoms with van der Waals surface area (Å²) in [7, 11) is -3.31. The van der Waals surface area contributed by atoms with Gasteiger partial charge in [-0.25, -0.2) is 4.72 Å². The molecule has 0 aromatic carbocycles. The van der Waals surface area contributed by atoms with E-state index in [2.05, 4.69) is 4.72 Å². The second kappa shape index (κ2) is 8.00. The van der Waals surface area contributed by atoms with Gasteiger partial charge >= 0.3 is 0 Å². The topological polar surface area (TPSA) is 69.6 Å². The molecule has 0 radical (unpaired) electrons. The van der Waals surface area contributed by atoms with Crippen LogP contribution in [0.3, 0.4) is 0 Å². The van der Waals surface area contributed by atoms with E-state index >= 15 is 0 Å². The lowest BCUT2D eigenvalue weighted by molar-refractivity contribution is 0.228. The van der Waals surface area contributed by atoms with Gasteiger partial charge in [-0.15, -0.1) is 0 Å². The fourth-order valence-electron chi connectivity index (χ4n) is 1.40. The molecular formula is C10H24N2O3S. The van der Waals surface area contributed by atoms with Crippen molar-refractivity contribution >= 4 is 10.2 Å². The molecule has 0 spiro atoms. The minimum Gasteiger partial charge on any atom is -0.396 e. The minimum atomic E-state index is -3.31.